The number of carbonyl (C=O) groups is 1. The molecule has 16 heavy (non-hydrogen) atoms. The Labute approximate surface area is 94.5 Å². The molecular weight excluding hydrogens is 208 g/mol. The third-order valence-corrected chi connectivity index (χ3v) is 2.09. The van der Waals surface area contributed by atoms with Gasteiger partial charge in [0.15, 0.2) is 0 Å². The Bertz CT molecular complexity index is 366. The van der Waals surface area contributed by atoms with Gasteiger partial charge in [-0.2, -0.15) is 0 Å². The number of hydrogen-bond donors (Lipinski definition) is 2. The van der Waals surface area contributed by atoms with Crippen molar-refractivity contribution in [1.29, 1.82) is 0 Å². The predicted molar refractivity (Wildman–Crippen MR) is 61.6 cm³/mol. The van der Waals surface area contributed by atoms with E-state index < -0.39 is 0 Å². The summed E-state index contributed by atoms with van der Waals surface area (Å²) in [4.78, 5) is 11.0. The van der Waals surface area contributed by atoms with Crippen LogP contribution in [0.25, 0.3) is 0 Å². The number of carbonyl (C=O) groups excluding carboxylic acids is 1. The number of benzene rings is 1. The lowest BCUT2D eigenvalue weighted by Gasteiger charge is -2.09. The Balaban J connectivity index is 2.55. The molecule has 1 aromatic carbocycles. The average Bonchev–Trinajstić information content (AvgIpc) is 2.31. The number of rotatable bonds is 5. The maximum Gasteiger partial charge on any atom is 0.223 e. The summed E-state index contributed by atoms with van der Waals surface area (Å²) < 4.78 is 10.4. The van der Waals surface area contributed by atoms with E-state index in [2.05, 4.69) is 5.32 Å². The third kappa shape index (κ3) is 3.34. The molecule has 5 heteroatoms. The Kier molecular flexibility index (Phi) is 4.44. The molecule has 0 fully saturated rings. The Morgan fingerprint density at radius 2 is 2.25 bits per heavy atom. The van der Waals surface area contributed by atoms with Crippen molar-refractivity contribution in [2.24, 2.45) is 0 Å². The molecule has 0 aromatic heterocycles. The van der Waals surface area contributed by atoms with Crippen molar-refractivity contribution in [2.75, 3.05) is 26.5 Å². The first-order chi connectivity index (χ1) is 7.67. The van der Waals surface area contributed by atoms with Gasteiger partial charge in [-0.1, -0.05) is 0 Å². The molecule has 0 spiro atoms. The molecule has 0 heterocycles. The number of anilines is 1. The summed E-state index contributed by atoms with van der Waals surface area (Å²) in [6.45, 7) is 0.289. The summed E-state index contributed by atoms with van der Waals surface area (Å²) >= 11 is 0. The van der Waals surface area contributed by atoms with E-state index in [1.807, 2.05) is 0 Å². The first kappa shape index (κ1) is 12.2. The molecule has 0 radical (unpaired) electrons. The molecule has 0 saturated heterocycles. The lowest BCUT2D eigenvalue weighted by Crippen LogP contribution is -2.20. The largest absolute Gasteiger partial charge is 0.497 e. The minimum Gasteiger partial charge on any atom is -0.497 e. The highest BCUT2D eigenvalue weighted by molar-refractivity contribution is 5.75. The number of amides is 1. The summed E-state index contributed by atoms with van der Waals surface area (Å²) in [6, 6.07) is 5.15. The van der Waals surface area contributed by atoms with Crippen LogP contribution in [0.3, 0.4) is 0 Å². The van der Waals surface area contributed by atoms with Gasteiger partial charge in [0.1, 0.15) is 11.5 Å². The molecule has 0 atom stereocenters. The SMILES string of the molecule is CNC(=O)CCOc1cc(OC)ccc1N. The second kappa shape index (κ2) is 5.85. The molecule has 1 amide bonds. The molecule has 0 aliphatic heterocycles. The summed E-state index contributed by atoms with van der Waals surface area (Å²) in [6.07, 6.45) is 0.299. The van der Waals surface area contributed by atoms with Crippen LogP contribution < -0.4 is 20.5 Å². The van der Waals surface area contributed by atoms with E-state index in [9.17, 15) is 4.79 Å². The second-order valence-corrected chi connectivity index (χ2v) is 3.18. The van der Waals surface area contributed by atoms with Crippen LogP contribution >= 0.6 is 0 Å². The van der Waals surface area contributed by atoms with E-state index in [1.165, 1.54) is 0 Å². The maximum absolute atomic E-state index is 11.0. The highest BCUT2D eigenvalue weighted by atomic mass is 16.5. The van der Waals surface area contributed by atoms with Crippen LogP contribution in [-0.2, 0) is 4.79 Å². The summed E-state index contributed by atoms with van der Waals surface area (Å²) in [5, 5.41) is 2.51. The number of nitrogen functional groups attached to an aromatic ring is 1. The number of nitrogens with two attached hydrogens (primary N) is 1. The van der Waals surface area contributed by atoms with Crippen LogP contribution in [-0.4, -0.2) is 26.7 Å². The van der Waals surface area contributed by atoms with Crippen LogP contribution in [0, 0.1) is 0 Å². The minimum atomic E-state index is -0.0681. The molecule has 5 nitrogen and oxygen atoms in total. The van der Waals surface area contributed by atoms with E-state index >= 15 is 0 Å². The molecule has 0 unspecified atom stereocenters. The fourth-order valence-electron chi connectivity index (χ4n) is 1.15. The van der Waals surface area contributed by atoms with Crippen molar-refractivity contribution in [3.05, 3.63) is 18.2 Å². The molecule has 1 rings (SSSR count). The fourth-order valence-corrected chi connectivity index (χ4v) is 1.15. The Morgan fingerprint density at radius 1 is 1.50 bits per heavy atom. The number of hydrogen-bond acceptors (Lipinski definition) is 4. The van der Waals surface area contributed by atoms with Crippen molar-refractivity contribution in [3.63, 3.8) is 0 Å². The average molecular weight is 224 g/mol. The molecule has 0 bridgehead atoms. The van der Waals surface area contributed by atoms with Gasteiger partial charge < -0.3 is 20.5 Å². The zero-order valence-corrected chi connectivity index (χ0v) is 9.45. The van der Waals surface area contributed by atoms with Gasteiger partial charge >= 0.3 is 0 Å². The van der Waals surface area contributed by atoms with Crippen LogP contribution in [0.5, 0.6) is 11.5 Å². The highest BCUT2D eigenvalue weighted by Crippen LogP contribution is 2.26. The van der Waals surface area contributed by atoms with Gasteiger partial charge in [0.25, 0.3) is 0 Å². The highest BCUT2D eigenvalue weighted by Gasteiger charge is 2.04. The van der Waals surface area contributed by atoms with Gasteiger partial charge in [-0.15, -0.1) is 0 Å². The van der Waals surface area contributed by atoms with Crippen molar-refractivity contribution in [3.8, 4) is 11.5 Å². The second-order valence-electron chi connectivity index (χ2n) is 3.18. The zero-order chi connectivity index (χ0) is 12.0. The van der Waals surface area contributed by atoms with E-state index in [0.717, 1.165) is 0 Å². The molecule has 0 aliphatic carbocycles. The van der Waals surface area contributed by atoms with Gasteiger partial charge in [-0.25, -0.2) is 0 Å². The molecular formula is C11H16N2O3. The molecule has 1 aromatic rings. The smallest absolute Gasteiger partial charge is 0.223 e. The fraction of sp³-hybridized carbons (Fsp3) is 0.364. The molecule has 88 valence electrons. The third-order valence-electron chi connectivity index (χ3n) is 2.09. The van der Waals surface area contributed by atoms with Gasteiger partial charge in [-0.05, 0) is 12.1 Å². The van der Waals surface area contributed by atoms with E-state index in [4.69, 9.17) is 15.2 Å². The monoisotopic (exact) mass is 224 g/mol. The van der Waals surface area contributed by atoms with Crippen molar-refractivity contribution in [1.82, 2.24) is 5.32 Å². The van der Waals surface area contributed by atoms with E-state index in [1.54, 1.807) is 32.4 Å². The topological polar surface area (TPSA) is 73.6 Å². The van der Waals surface area contributed by atoms with Crippen molar-refractivity contribution >= 4 is 11.6 Å². The lowest BCUT2D eigenvalue weighted by molar-refractivity contribution is -0.121. The number of methoxy groups -OCH3 is 1. The first-order valence-electron chi connectivity index (χ1n) is 4.94. The van der Waals surface area contributed by atoms with Gasteiger partial charge in [0.2, 0.25) is 5.91 Å². The number of ether oxygens (including phenoxy) is 2. The van der Waals surface area contributed by atoms with Crippen LogP contribution in [0.2, 0.25) is 0 Å². The van der Waals surface area contributed by atoms with Crippen LogP contribution in [0.1, 0.15) is 6.42 Å². The Hall–Kier alpha value is -1.91. The van der Waals surface area contributed by atoms with Crippen molar-refractivity contribution in [2.45, 2.75) is 6.42 Å². The summed E-state index contributed by atoms with van der Waals surface area (Å²) in [7, 11) is 3.15. The lowest BCUT2D eigenvalue weighted by atomic mass is 10.3. The standard InChI is InChI=1S/C11H16N2O3/c1-13-11(14)5-6-16-10-7-8(15-2)3-4-9(10)12/h3-4,7H,5-6,12H2,1-2H3,(H,13,14). The van der Waals surface area contributed by atoms with Gasteiger partial charge in [0, 0.05) is 13.1 Å². The van der Waals surface area contributed by atoms with E-state index in [-0.39, 0.29) is 12.5 Å². The van der Waals surface area contributed by atoms with Crippen LogP contribution in [0.15, 0.2) is 18.2 Å². The van der Waals surface area contributed by atoms with Gasteiger partial charge in [0.05, 0.1) is 25.8 Å². The molecule has 0 saturated carbocycles. The normalized spacial score (nSPS) is 9.62. The summed E-state index contributed by atoms with van der Waals surface area (Å²) in [5.74, 6) is 1.13. The zero-order valence-electron chi connectivity index (χ0n) is 9.45. The molecule has 3 N–H and O–H groups in total. The Morgan fingerprint density at radius 3 is 2.88 bits per heavy atom. The molecule has 0 aliphatic rings. The quantitative estimate of drug-likeness (QED) is 0.725. The minimum absolute atomic E-state index is 0.0681. The van der Waals surface area contributed by atoms with Crippen LogP contribution in [0.4, 0.5) is 5.69 Å². The van der Waals surface area contributed by atoms with E-state index in [0.29, 0.717) is 23.6 Å². The number of nitrogens with one attached hydrogen (secondary N) is 1. The van der Waals surface area contributed by atoms with Crippen molar-refractivity contribution < 1.29 is 14.3 Å². The summed E-state index contributed by atoms with van der Waals surface area (Å²) in [5.41, 5.74) is 6.24. The predicted octanol–water partition coefficient (Wildman–Crippen LogP) is 0.792. The van der Waals surface area contributed by atoms with Gasteiger partial charge in [-0.3, -0.25) is 4.79 Å². The maximum atomic E-state index is 11.0. The first-order valence-corrected chi connectivity index (χ1v) is 4.94.